The molecule has 0 aliphatic heterocycles. The monoisotopic (exact) mass is 268 g/mol. The fraction of sp³-hybridized carbons (Fsp3) is 0.889. The van der Waals surface area contributed by atoms with E-state index in [-0.39, 0.29) is 26.2 Å². The Kier molecular flexibility index (Phi) is 7.85. The third-order valence-electron chi connectivity index (χ3n) is 1.92. The van der Waals surface area contributed by atoms with Crippen LogP contribution in [0.5, 0.6) is 0 Å². The van der Waals surface area contributed by atoms with Crippen LogP contribution in [0.2, 0.25) is 0 Å². The maximum absolute atomic E-state index is 11.4. The summed E-state index contributed by atoms with van der Waals surface area (Å²) in [5.74, 6) is 0. The summed E-state index contributed by atoms with van der Waals surface area (Å²) in [7, 11) is -1.79. The molecule has 0 aromatic rings. The molecule has 0 saturated heterocycles. The summed E-state index contributed by atoms with van der Waals surface area (Å²) in [6.07, 6.45) is 0.570. The summed E-state index contributed by atoms with van der Waals surface area (Å²) in [5, 5.41) is 2.45. The Morgan fingerprint density at radius 3 is 2.47 bits per heavy atom. The Labute approximate surface area is 102 Å². The van der Waals surface area contributed by atoms with Crippen LogP contribution in [-0.4, -0.2) is 65.0 Å². The number of amides is 1. The summed E-state index contributed by atoms with van der Waals surface area (Å²) in [6, 6.07) is 0. The van der Waals surface area contributed by atoms with Crippen LogP contribution in [0.25, 0.3) is 0 Å². The number of carbonyl (C=O) groups excluding carboxylic acids is 1. The molecule has 0 aliphatic carbocycles. The van der Waals surface area contributed by atoms with E-state index in [2.05, 4.69) is 10.1 Å². The van der Waals surface area contributed by atoms with Gasteiger partial charge in [-0.2, -0.15) is 4.31 Å². The van der Waals surface area contributed by atoms with Crippen molar-refractivity contribution in [1.29, 1.82) is 0 Å². The van der Waals surface area contributed by atoms with Gasteiger partial charge < -0.3 is 14.8 Å². The molecule has 0 unspecified atom stereocenters. The molecule has 1 N–H and O–H groups in total. The number of hydrogen-bond acceptors (Lipinski definition) is 5. The minimum absolute atomic E-state index is 0.195. The SMILES string of the molecule is CCOC(=O)NCCN(CCOC)S(C)(=O)=O. The molecule has 1 amide bonds. The summed E-state index contributed by atoms with van der Waals surface area (Å²) in [6.45, 7) is 2.95. The Morgan fingerprint density at radius 1 is 1.35 bits per heavy atom. The van der Waals surface area contributed by atoms with E-state index in [4.69, 9.17) is 4.74 Å². The lowest BCUT2D eigenvalue weighted by molar-refractivity contribution is 0.150. The molecule has 0 spiro atoms. The van der Waals surface area contributed by atoms with Crippen LogP contribution in [0.3, 0.4) is 0 Å². The minimum Gasteiger partial charge on any atom is -0.450 e. The molecule has 0 rings (SSSR count). The Balaban J connectivity index is 4.05. The lowest BCUT2D eigenvalue weighted by atomic mass is 10.6. The zero-order valence-corrected chi connectivity index (χ0v) is 11.2. The Bertz CT molecular complexity index is 317. The third-order valence-corrected chi connectivity index (χ3v) is 3.22. The van der Waals surface area contributed by atoms with E-state index in [1.807, 2.05) is 0 Å². The van der Waals surface area contributed by atoms with Crippen molar-refractivity contribution < 1.29 is 22.7 Å². The summed E-state index contributed by atoms with van der Waals surface area (Å²) in [4.78, 5) is 11.0. The smallest absolute Gasteiger partial charge is 0.407 e. The number of hydrogen-bond donors (Lipinski definition) is 1. The molecule has 7 nitrogen and oxygen atoms in total. The molecule has 0 aromatic carbocycles. The molecule has 8 heteroatoms. The summed E-state index contributed by atoms with van der Waals surface area (Å²) < 4.78 is 33.4. The number of alkyl carbamates (subject to hydrolysis) is 1. The molecule has 0 aromatic heterocycles. The highest BCUT2D eigenvalue weighted by Gasteiger charge is 2.15. The van der Waals surface area contributed by atoms with Gasteiger partial charge in [0.05, 0.1) is 19.5 Å². The van der Waals surface area contributed by atoms with E-state index in [1.165, 1.54) is 11.4 Å². The number of ether oxygens (including phenoxy) is 2. The lowest BCUT2D eigenvalue weighted by Gasteiger charge is -2.19. The number of methoxy groups -OCH3 is 1. The number of nitrogens with one attached hydrogen (secondary N) is 1. The van der Waals surface area contributed by atoms with Crippen LogP contribution in [0.15, 0.2) is 0 Å². The van der Waals surface area contributed by atoms with Crippen LogP contribution >= 0.6 is 0 Å². The largest absolute Gasteiger partial charge is 0.450 e. The maximum atomic E-state index is 11.4. The highest BCUT2D eigenvalue weighted by atomic mass is 32.2. The molecular weight excluding hydrogens is 248 g/mol. The van der Waals surface area contributed by atoms with Gasteiger partial charge in [-0.15, -0.1) is 0 Å². The van der Waals surface area contributed by atoms with Gasteiger partial charge in [-0.1, -0.05) is 0 Å². The quantitative estimate of drug-likeness (QED) is 0.650. The maximum Gasteiger partial charge on any atom is 0.407 e. The normalized spacial score (nSPS) is 11.5. The van der Waals surface area contributed by atoms with E-state index in [0.29, 0.717) is 6.61 Å². The van der Waals surface area contributed by atoms with Gasteiger partial charge in [0.25, 0.3) is 0 Å². The van der Waals surface area contributed by atoms with Gasteiger partial charge in [0.15, 0.2) is 0 Å². The molecule has 0 fully saturated rings. The Hall–Kier alpha value is -0.860. The van der Waals surface area contributed by atoms with E-state index < -0.39 is 16.1 Å². The van der Waals surface area contributed by atoms with Gasteiger partial charge in [-0.3, -0.25) is 0 Å². The van der Waals surface area contributed by atoms with Crippen LogP contribution in [-0.2, 0) is 19.5 Å². The van der Waals surface area contributed by atoms with E-state index in [9.17, 15) is 13.2 Å². The molecule has 0 saturated carbocycles. The van der Waals surface area contributed by atoms with Crippen LogP contribution in [0.4, 0.5) is 4.79 Å². The van der Waals surface area contributed by atoms with Crippen molar-refractivity contribution in [2.24, 2.45) is 0 Å². The number of carbonyl (C=O) groups is 1. The fourth-order valence-electron chi connectivity index (χ4n) is 1.10. The van der Waals surface area contributed by atoms with E-state index in [0.717, 1.165) is 6.26 Å². The average molecular weight is 268 g/mol. The van der Waals surface area contributed by atoms with Crippen molar-refractivity contribution >= 4 is 16.1 Å². The second kappa shape index (κ2) is 8.26. The second-order valence-corrected chi connectivity index (χ2v) is 5.28. The van der Waals surface area contributed by atoms with Gasteiger partial charge in [-0.05, 0) is 6.92 Å². The molecule has 17 heavy (non-hydrogen) atoms. The van der Waals surface area contributed by atoms with Crippen molar-refractivity contribution in [2.45, 2.75) is 6.92 Å². The fourth-order valence-corrected chi connectivity index (χ4v) is 1.93. The van der Waals surface area contributed by atoms with Crippen molar-refractivity contribution in [3.05, 3.63) is 0 Å². The van der Waals surface area contributed by atoms with Crippen LogP contribution in [0.1, 0.15) is 6.92 Å². The highest BCUT2D eigenvalue weighted by molar-refractivity contribution is 7.88. The zero-order valence-electron chi connectivity index (χ0n) is 10.4. The highest BCUT2D eigenvalue weighted by Crippen LogP contribution is 1.96. The predicted molar refractivity (Wildman–Crippen MR) is 63.3 cm³/mol. The minimum atomic E-state index is -3.29. The molecule has 102 valence electrons. The zero-order chi connectivity index (χ0) is 13.3. The number of sulfonamides is 1. The van der Waals surface area contributed by atoms with Crippen molar-refractivity contribution in [3.63, 3.8) is 0 Å². The molecule has 0 atom stereocenters. The summed E-state index contributed by atoms with van der Waals surface area (Å²) in [5.41, 5.74) is 0. The van der Waals surface area contributed by atoms with Gasteiger partial charge in [0.1, 0.15) is 0 Å². The van der Waals surface area contributed by atoms with Gasteiger partial charge in [0.2, 0.25) is 10.0 Å². The molecule has 0 bridgehead atoms. The first-order chi connectivity index (χ1) is 7.91. The first-order valence-electron chi connectivity index (χ1n) is 5.26. The van der Waals surface area contributed by atoms with Crippen LogP contribution < -0.4 is 5.32 Å². The summed E-state index contributed by atoms with van der Waals surface area (Å²) >= 11 is 0. The Morgan fingerprint density at radius 2 is 2.00 bits per heavy atom. The molecule has 0 radical (unpaired) electrons. The molecule has 0 heterocycles. The first-order valence-corrected chi connectivity index (χ1v) is 7.11. The first kappa shape index (κ1) is 16.1. The van der Waals surface area contributed by atoms with Gasteiger partial charge >= 0.3 is 6.09 Å². The van der Waals surface area contributed by atoms with Crippen LogP contribution in [0, 0.1) is 0 Å². The standard InChI is InChI=1S/C9H20N2O5S/c1-4-16-9(12)10-5-6-11(7-8-15-2)17(3,13)14/h4-8H2,1-3H3,(H,10,12). The lowest BCUT2D eigenvalue weighted by Crippen LogP contribution is -2.39. The van der Waals surface area contributed by atoms with Crippen molar-refractivity contribution in [1.82, 2.24) is 9.62 Å². The van der Waals surface area contributed by atoms with Gasteiger partial charge in [-0.25, -0.2) is 13.2 Å². The topological polar surface area (TPSA) is 84.9 Å². The second-order valence-electron chi connectivity index (χ2n) is 3.30. The third kappa shape index (κ3) is 7.94. The van der Waals surface area contributed by atoms with E-state index in [1.54, 1.807) is 6.92 Å². The average Bonchev–Trinajstić information content (AvgIpc) is 2.21. The van der Waals surface area contributed by atoms with Crippen molar-refractivity contribution in [3.8, 4) is 0 Å². The number of rotatable bonds is 8. The number of nitrogens with zero attached hydrogens (tertiary/aromatic N) is 1. The van der Waals surface area contributed by atoms with Gasteiger partial charge in [0, 0.05) is 26.7 Å². The van der Waals surface area contributed by atoms with E-state index >= 15 is 0 Å². The van der Waals surface area contributed by atoms with Crippen molar-refractivity contribution in [2.75, 3.05) is 46.2 Å². The molecule has 0 aliphatic rings. The predicted octanol–water partition coefficient (Wildman–Crippen LogP) is -0.359. The molecular formula is C9H20N2O5S.